The lowest BCUT2D eigenvalue weighted by molar-refractivity contribution is 0.490. The largest absolute Gasteiger partial charge is 0.310 e. The van der Waals surface area contributed by atoms with Gasteiger partial charge in [-0.3, -0.25) is 0 Å². The van der Waals surface area contributed by atoms with Crippen LogP contribution in [0.4, 0.5) is 0 Å². The molecule has 0 aromatic carbocycles. The van der Waals surface area contributed by atoms with E-state index in [1.54, 1.807) is 6.33 Å². The maximum absolute atomic E-state index is 4.22. The Kier molecular flexibility index (Phi) is 5.39. The van der Waals surface area contributed by atoms with Crippen LogP contribution in [0.25, 0.3) is 0 Å². The fourth-order valence-electron chi connectivity index (χ4n) is 1.22. The van der Waals surface area contributed by atoms with Crippen LogP contribution >= 0.6 is 22.6 Å². The lowest BCUT2D eigenvalue weighted by Crippen LogP contribution is -2.19. The van der Waals surface area contributed by atoms with Gasteiger partial charge in [-0.05, 0) is 26.8 Å². The highest BCUT2D eigenvalue weighted by molar-refractivity contribution is 14.1. The predicted octanol–water partition coefficient (Wildman–Crippen LogP) is 1.77. The topological polar surface area (TPSA) is 42.7 Å². The summed E-state index contributed by atoms with van der Waals surface area (Å²) >= 11 is 2.38. The molecule has 0 atom stereocenters. The zero-order valence-corrected chi connectivity index (χ0v) is 10.9. The highest BCUT2D eigenvalue weighted by Gasteiger charge is 2.05. The lowest BCUT2D eigenvalue weighted by atomic mass is 10.4. The second-order valence-electron chi connectivity index (χ2n) is 3.43. The van der Waals surface area contributed by atoms with Gasteiger partial charge in [-0.25, -0.2) is 9.67 Å². The van der Waals surface area contributed by atoms with E-state index in [1.165, 1.54) is 10.8 Å². The summed E-state index contributed by atoms with van der Waals surface area (Å²) in [6.45, 7) is 6.09. The van der Waals surface area contributed by atoms with Gasteiger partial charge in [0.05, 0.1) is 6.54 Å². The van der Waals surface area contributed by atoms with Crippen molar-refractivity contribution in [2.24, 2.45) is 0 Å². The van der Waals surface area contributed by atoms with Crippen LogP contribution in [0.2, 0.25) is 0 Å². The average Bonchev–Trinajstić information content (AvgIpc) is 2.60. The van der Waals surface area contributed by atoms with Crippen molar-refractivity contribution in [1.82, 2.24) is 20.1 Å². The minimum atomic E-state index is 0.388. The van der Waals surface area contributed by atoms with E-state index in [-0.39, 0.29) is 0 Å². The molecule has 4 nitrogen and oxygen atoms in total. The van der Waals surface area contributed by atoms with Crippen LogP contribution < -0.4 is 5.32 Å². The summed E-state index contributed by atoms with van der Waals surface area (Å²) in [7, 11) is 0. The molecular formula is C9H17IN4. The van der Waals surface area contributed by atoms with Crippen LogP contribution in [0.1, 0.15) is 32.1 Å². The molecule has 14 heavy (non-hydrogen) atoms. The van der Waals surface area contributed by atoms with Crippen molar-refractivity contribution in [3.63, 3.8) is 0 Å². The molecule has 0 amide bonds. The SMILES string of the molecule is CC(C)n1ncnc1CNCCCI. The summed E-state index contributed by atoms with van der Waals surface area (Å²) in [5.74, 6) is 1.02. The number of aromatic nitrogens is 3. The monoisotopic (exact) mass is 308 g/mol. The molecule has 1 N–H and O–H groups in total. The first-order valence-corrected chi connectivity index (χ1v) is 6.43. The zero-order valence-electron chi connectivity index (χ0n) is 8.70. The van der Waals surface area contributed by atoms with E-state index in [2.05, 4.69) is 51.8 Å². The molecule has 1 heterocycles. The number of nitrogens with one attached hydrogen (secondary N) is 1. The van der Waals surface area contributed by atoms with Crippen LogP contribution in [0.15, 0.2) is 6.33 Å². The summed E-state index contributed by atoms with van der Waals surface area (Å²) in [6.07, 6.45) is 2.83. The third-order valence-corrected chi connectivity index (χ3v) is 2.67. The maximum Gasteiger partial charge on any atom is 0.141 e. The van der Waals surface area contributed by atoms with Crippen molar-refractivity contribution in [1.29, 1.82) is 0 Å². The van der Waals surface area contributed by atoms with Gasteiger partial charge in [0.1, 0.15) is 12.2 Å². The molecule has 5 heteroatoms. The first-order valence-electron chi connectivity index (χ1n) is 4.90. The van der Waals surface area contributed by atoms with Gasteiger partial charge in [0.2, 0.25) is 0 Å². The smallest absolute Gasteiger partial charge is 0.141 e. The van der Waals surface area contributed by atoms with E-state index in [9.17, 15) is 0 Å². The maximum atomic E-state index is 4.22. The number of hydrogen-bond donors (Lipinski definition) is 1. The van der Waals surface area contributed by atoms with Crippen LogP contribution in [-0.2, 0) is 6.54 Å². The fraction of sp³-hybridized carbons (Fsp3) is 0.778. The predicted molar refractivity (Wildman–Crippen MR) is 65.6 cm³/mol. The minimum absolute atomic E-state index is 0.388. The second kappa shape index (κ2) is 6.34. The molecular weight excluding hydrogens is 291 g/mol. The van der Waals surface area contributed by atoms with E-state index in [1.807, 2.05) is 4.68 Å². The molecule has 0 radical (unpaired) electrons. The van der Waals surface area contributed by atoms with Crippen molar-refractivity contribution < 1.29 is 0 Å². The number of alkyl halides is 1. The molecule has 1 aromatic heterocycles. The first kappa shape index (κ1) is 11.9. The van der Waals surface area contributed by atoms with Gasteiger partial charge in [0.25, 0.3) is 0 Å². The Hall–Kier alpha value is -0.170. The highest BCUT2D eigenvalue weighted by Crippen LogP contribution is 2.04. The fourth-order valence-corrected chi connectivity index (χ4v) is 1.61. The molecule has 1 rings (SSSR count). The Morgan fingerprint density at radius 1 is 1.57 bits per heavy atom. The van der Waals surface area contributed by atoms with Crippen molar-refractivity contribution >= 4 is 22.6 Å². The highest BCUT2D eigenvalue weighted by atomic mass is 127. The van der Waals surface area contributed by atoms with Gasteiger partial charge >= 0.3 is 0 Å². The lowest BCUT2D eigenvalue weighted by Gasteiger charge is -2.09. The van der Waals surface area contributed by atoms with E-state index >= 15 is 0 Å². The average molecular weight is 308 g/mol. The Balaban J connectivity index is 2.38. The number of hydrogen-bond acceptors (Lipinski definition) is 3. The Labute approximate surface area is 98.6 Å². The summed E-state index contributed by atoms with van der Waals surface area (Å²) in [4.78, 5) is 4.22. The normalized spacial score (nSPS) is 11.1. The van der Waals surface area contributed by atoms with Gasteiger partial charge in [0.15, 0.2) is 0 Å². The summed E-state index contributed by atoms with van der Waals surface area (Å²) in [5.41, 5.74) is 0. The molecule has 0 bridgehead atoms. The van der Waals surface area contributed by atoms with Crippen LogP contribution in [0.5, 0.6) is 0 Å². The third kappa shape index (κ3) is 3.53. The molecule has 0 saturated heterocycles. The van der Waals surface area contributed by atoms with Gasteiger partial charge in [-0.15, -0.1) is 0 Å². The van der Waals surface area contributed by atoms with Gasteiger partial charge in [-0.2, -0.15) is 5.10 Å². The molecule has 0 aliphatic rings. The minimum Gasteiger partial charge on any atom is -0.310 e. The Morgan fingerprint density at radius 3 is 3.00 bits per heavy atom. The van der Waals surface area contributed by atoms with Crippen LogP contribution in [0, 0.1) is 0 Å². The van der Waals surface area contributed by atoms with Crippen LogP contribution in [0.3, 0.4) is 0 Å². The van der Waals surface area contributed by atoms with Crippen molar-refractivity contribution in [2.75, 3.05) is 11.0 Å². The van der Waals surface area contributed by atoms with Gasteiger partial charge in [0, 0.05) is 10.5 Å². The van der Waals surface area contributed by atoms with Crippen LogP contribution in [-0.4, -0.2) is 25.7 Å². The Bertz CT molecular complexity index is 259. The van der Waals surface area contributed by atoms with E-state index in [0.717, 1.165) is 18.9 Å². The van der Waals surface area contributed by atoms with Crippen molar-refractivity contribution in [3.8, 4) is 0 Å². The molecule has 0 spiro atoms. The first-order chi connectivity index (χ1) is 6.75. The quantitative estimate of drug-likeness (QED) is 0.495. The second-order valence-corrected chi connectivity index (χ2v) is 4.51. The number of halogens is 1. The molecule has 0 fully saturated rings. The third-order valence-electron chi connectivity index (χ3n) is 1.91. The molecule has 0 aliphatic carbocycles. The zero-order chi connectivity index (χ0) is 10.4. The summed E-state index contributed by atoms with van der Waals surface area (Å²) in [5, 5.41) is 7.53. The van der Waals surface area contributed by atoms with Crippen molar-refractivity contribution in [2.45, 2.75) is 32.9 Å². The van der Waals surface area contributed by atoms with E-state index in [0.29, 0.717) is 6.04 Å². The standard InChI is InChI=1S/C9H17IN4/c1-8(2)14-9(12-7-13-14)6-11-5-3-4-10/h7-8,11H,3-6H2,1-2H3. The van der Waals surface area contributed by atoms with Gasteiger partial charge < -0.3 is 5.32 Å². The number of rotatable bonds is 6. The summed E-state index contributed by atoms with van der Waals surface area (Å²) in [6, 6.07) is 0.388. The number of nitrogens with zero attached hydrogens (tertiary/aromatic N) is 3. The Morgan fingerprint density at radius 2 is 2.36 bits per heavy atom. The van der Waals surface area contributed by atoms with Crippen molar-refractivity contribution in [3.05, 3.63) is 12.2 Å². The van der Waals surface area contributed by atoms with Gasteiger partial charge in [-0.1, -0.05) is 22.6 Å². The molecule has 0 unspecified atom stereocenters. The summed E-state index contributed by atoms with van der Waals surface area (Å²) < 4.78 is 3.15. The molecule has 0 aliphatic heterocycles. The molecule has 1 aromatic rings. The molecule has 80 valence electrons. The molecule has 0 saturated carbocycles. The van der Waals surface area contributed by atoms with E-state index in [4.69, 9.17) is 0 Å². The van der Waals surface area contributed by atoms with E-state index < -0.39 is 0 Å².